The molecule has 1 unspecified atom stereocenters. The van der Waals surface area contributed by atoms with Gasteiger partial charge < -0.3 is 29.6 Å². The van der Waals surface area contributed by atoms with Gasteiger partial charge in [-0.1, -0.05) is 11.3 Å². The van der Waals surface area contributed by atoms with E-state index in [0.717, 1.165) is 72.5 Å². The van der Waals surface area contributed by atoms with E-state index in [1.165, 1.54) is 0 Å². The van der Waals surface area contributed by atoms with Crippen molar-refractivity contribution < 1.29 is 23.5 Å². The minimum Gasteiger partial charge on any atom is -0.462 e. The van der Waals surface area contributed by atoms with Gasteiger partial charge in [-0.2, -0.15) is 0 Å². The highest BCUT2D eigenvalue weighted by Gasteiger charge is 2.30. The van der Waals surface area contributed by atoms with Crippen LogP contribution in [-0.2, 0) is 14.3 Å². The first-order chi connectivity index (χ1) is 19.8. The Hall–Kier alpha value is -3.93. The number of amides is 2. The van der Waals surface area contributed by atoms with Gasteiger partial charge in [-0.05, 0) is 77.1 Å². The van der Waals surface area contributed by atoms with Crippen LogP contribution in [0.4, 0.5) is 10.8 Å². The number of nitrogens with zero attached hydrogens (tertiary/aromatic N) is 4. The molecule has 218 valence electrons. The predicted molar refractivity (Wildman–Crippen MR) is 158 cm³/mol. The number of esters is 1. The van der Waals surface area contributed by atoms with Gasteiger partial charge in [0.05, 0.1) is 18.8 Å². The summed E-state index contributed by atoms with van der Waals surface area (Å²) in [5, 5.41) is 7.87. The Morgan fingerprint density at radius 3 is 2.68 bits per heavy atom. The maximum atomic E-state index is 13.6. The number of fused-ring (bicyclic) bond motifs is 1. The number of guanidine groups is 1. The zero-order valence-electron chi connectivity index (χ0n) is 23.7. The highest BCUT2D eigenvalue weighted by molar-refractivity contribution is 7.17. The number of anilines is 2. The number of ether oxygens (including phenoxy) is 1. The van der Waals surface area contributed by atoms with Crippen molar-refractivity contribution >= 4 is 56.9 Å². The van der Waals surface area contributed by atoms with E-state index >= 15 is 0 Å². The summed E-state index contributed by atoms with van der Waals surface area (Å²) >= 11 is 1.16. The number of carbonyl (C=O) groups is 3. The average Bonchev–Trinajstić information content (AvgIpc) is 3.66. The van der Waals surface area contributed by atoms with Gasteiger partial charge in [-0.15, -0.1) is 0 Å². The monoisotopic (exact) mass is 580 g/mol. The van der Waals surface area contributed by atoms with E-state index in [1.807, 2.05) is 36.1 Å². The zero-order chi connectivity index (χ0) is 28.9. The van der Waals surface area contributed by atoms with Gasteiger partial charge in [0.1, 0.15) is 22.3 Å². The normalized spacial score (nSPS) is 18.1. The molecule has 2 aromatic heterocycles. The summed E-state index contributed by atoms with van der Waals surface area (Å²) < 4.78 is 10.9. The Balaban J connectivity index is 1.41. The fourth-order valence-electron chi connectivity index (χ4n) is 5.17. The molecule has 11 nitrogen and oxygen atoms in total. The first kappa shape index (κ1) is 28.6. The number of nitrogens with one attached hydrogen (secondary N) is 2. The van der Waals surface area contributed by atoms with Crippen LogP contribution in [0.25, 0.3) is 11.0 Å². The second-order valence-corrected chi connectivity index (χ2v) is 11.3. The Bertz CT molecular complexity index is 1460. The van der Waals surface area contributed by atoms with E-state index in [2.05, 4.69) is 15.6 Å². The molecule has 2 saturated heterocycles. The highest BCUT2D eigenvalue weighted by atomic mass is 32.1. The zero-order valence-corrected chi connectivity index (χ0v) is 24.5. The summed E-state index contributed by atoms with van der Waals surface area (Å²) in [5.41, 5.74) is 2.06. The quantitative estimate of drug-likeness (QED) is 0.236. The molecule has 2 aliphatic rings. The molecular formula is C29H36N6O5S. The molecule has 1 aromatic carbocycles. The van der Waals surface area contributed by atoms with E-state index < -0.39 is 12.0 Å². The van der Waals surface area contributed by atoms with E-state index in [1.54, 1.807) is 18.7 Å². The number of rotatable bonds is 7. The number of carbonyl (C=O) groups excluding carboxylic acids is 3. The van der Waals surface area contributed by atoms with Gasteiger partial charge in [0, 0.05) is 30.7 Å². The molecule has 0 spiro atoms. The first-order valence-electron chi connectivity index (χ1n) is 14.1. The van der Waals surface area contributed by atoms with Crippen molar-refractivity contribution in [1.82, 2.24) is 14.8 Å². The minimum atomic E-state index is -0.677. The number of furan rings is 1. The molecule has 2 aliphatic heterocycles. The molecular weight excluding hydrogens is 544 g/mol. The van der Waals surface area contributed by atoms with Gasteiger partial charge >= 0.3 is 5.97 Å². The Morgan fingerprint density at radius 2 is 1.90 bits per heavy atom. The van der Waals surface area contributed by atoms with Crippen molar-refractivity contribution in [2.45, 2.75) is 58.9 Å². The first-order valence-corrected chi connectivity index (χ1v) is 15.0. The molecule has 0 radical (unpaired) electrons. The molecule has 41 heavy (non-hydrogen) atoms. The Kier molecular flexibility index (Phi) is 8.87. The number of likely N-dealkylation sites (tertiary alicyclic amines) is 2. The van der Waals surface area contributed by atoms with Gasteiger partial charge in [-0.3, -0.25) is 9.59 Å². The van der Waals surface area contributed by atoms with Gasteiger partial charge in [0.15, 0.2) is 5.13 Å². The summed E-state index contributed by atoms with van der Waals surface area (Å²) in [4.78, 5) is 52.1. The maximum Gasteiger partial charge on any atom is 0.350 e. The van der Waals surface area contributed by atoms with Crippen molar-refractivity contribution in [2.24, 2.45) is 4.99 Å². The third kappa shape index (κ3) is 6.87. The van der Waals surface area contributed by atoms with Crippen LogP contribution in [0.15, 0.2) is 33.7 Å². The molecule has 2 N–H and O–H groups in total. The number of aryl methyl sites for hydroxylation is 2. The van der Waals surface area contributed by atoms with Gasteiger partial charge in [0.2, 0.25) is 17.8 Å². The summed E-state index contributed by atoms with van der Waals surface area (Å²) in [6, 6.07) is 6.96. The highest BCUT2D eigenvalue weighted by Crippen LogP contribution is 2.26. The molecule has 0 aliphatic carbocycles. The van der Waals surface area contributed by atoms with Crippen molar-refractivity contribution in [3.8, 4) is 0 Å². The number of hydrogen-bond acceptors (Lipinski definition) is 8. The number of hydrogen-bond donors (Lipinski definition) is 2. The van der Waals surface area contributed by atoms with Crippen molar-refractivity contribution in [3.63, 3.8) is 0 Å². The fraction of sp³-hybridized carbons (Fsp3) is 0.483. The molecule has 0 bridgehead atoms. The van der Waals surface area contributed by atoms with Crippen LogP contribution in [0, 0.1) is 13.8 Å². The number of thiazole rings is 1. The van der Waals surface area contributed by atoms with E-state index in [-0.39, 0.29) is 25.0 Å². The number of benzene rings is 1. The molecule has 0 saturated carbocycles. The third-order valence-corrected chi connectivity index (χ3v) is 8.26. The van der Waals surface area contributed by atoms with Crippen LogP contribution in [0.1, 0.15) is 60.2 Å². The number of aromatic nitrogens is 1. The minimum absolute atomic E-state index is 0.00887. The molecule has 3 aromatic rings. The fourth-order valence-corrected chi connectivity index (χ4v) is 6.03. The molecule has 5 rings (SSSR count). The summed E-state index contributed by atoms with van der Waals surface area (Å²) in [7, 11) is 0. The molecule has 2 fully saturated rings. The van der Waals surface area contributed by atoms with Crippen molar-refractivity contribution in [1.29, 1.82) is 0 Å². The lowest BCUT2D eigenvalue weighted by molar-refractivity contribution is -0.140. The SMILES string of the molecule is CCOC(=O)c1sc(NC(=NC2CCCCN(CC(=O)N3CCCC3)C2=O)Nc2ccc3oc(C)cc3c2)nc1C. The summed E-state index contributed by atoms with van der Waals surface area (Å²) in [6.45, 7) is 7.78. The van der Waals surface area contributed by atoms with E-state index in [0.29, 0.717) is 34.6 Å². The van der Waals surface area contributed by atoms with Crippen LogP contribution in [-0.4, -0.2) is 77.4 Å². The van der Waals surface area contributed by atoms with Crippen molar-refractivity contribution in [3.05, 3.63) is 40.6 Å². The summed E-state index contributed by atoms with van der Waals surface area (Å²) in [5.74, 6) is 0.520. The van der Waals surface area contributed by atoms with Gasteiger partial charge in [-0.25, -0.2) is 14.8 Å². The van der Waals surface area contributed by atoms with Crippen LogP contribution in [0.5, 0.6) is 0 Å². The lowest BCUT2D eigenvalue weighted by Crippen LogP contribution is -2.45. The van der Waals surface area contributed by atoms with Crippen LogP contribution in [0.2, 0.25) is 0 Å². The topological polar surface area (TPSA) is 129 Å². The van der Waals surface area contributed by atoms with Crippen LogP contribution in [0.3, 0.4) is 0 Å². The average molecular weight is 581 g/mol. The maximum absolute atomic E-state index is 13.6. The van der Waals surface area contributed by atoms with Crippen LogP contribution < -0.4 is 10.6 Å². The lowest BCUT2D eigenvalue weighted by Gasteiger charge is -2.25. The predicted octanol–water partition coefficient (Wildman–Crippen LogP) is 4.57. The molecule has 1 atom stereocenters. The largest absolute Gasteiger partial charge is 0.462 e. The standard InChI is InChI=1S/C29H36N6O5S/c1-4-39-27(38)25-19(3)30-29(41-25)33-28(31-21-10-11-23-20(16-21)15-18(2)40-23)32-22-9-5-6-14-35(26(22)37)17-24(36)34-12-7-8-13-34/h10-11,15-16,22H,4-9,12-14,17H2,1-3H3,(H2,30,31,32,33). The van der Waals surface area contributed by atoms with E-state index in [9.17, 15) is 14.4 Å². The van der Waals surface area contributed by atoms with E-state index in [4.69, 9.17) is 14.1 Å². The van der Waals surface area contributed by atoms with Crippen molar-refractivity contribution in [2.75, 3.05) is 43.4 Å². The Labute approximate surface area is 242 Å². The van der Waals surface area contributed by atoms with Gasteiger partial charge in [0.25, 0.3) is 0 Å². The lowest BCUT2D eigenvalue weighted by atomic mass is 10.1. The molecule has 4 heterocycles. The Morgan fingerprint density at radius 1 is 1.12 bits per heavy atom. The molecule has 12 heteroatoms. The summed E-state index contributed by atoms with van der Waals surface area (Å²) in [6.07, 6.45) is 4.19. The number of aliphatic imine (C=N–C) groups is 1. The van der Waals surface area contributed by atoms with Crippen LogP contribution >= 0.6 is 11.3 Å². The third-order valence-electron chi connectivity index (χ3n) is 7.21. The second-order valence-electron chi connectivity index (χ2n) is 10.4. The molecule has 2 amide bonds. The smallest absolute Gasteiger partial charge is 0.350 e. The second kappa shape index (κ2) is 12.7.